The van der Waals surface area contributed by atoms with Gasteiger partial charge in [0, 0.05) is 26.2 Å². The Bertz CT molecular complexity index is 534. The molecule has 0 saturated carbocycles. The van der Waals surface area contributed by atoms with Gasteiger partial charge in [0.15, 0.2) is 0 Å². The van der Waals surface area contributed by atoms with Crippen LogP contribution in [0.1, 0.15) is 0 Å². The third-order valence-electron chi connectivity index (χ3n) is 3.90. The molecule has 2 aliphatic rings. The molecule has 2 heterocycles. The highest BCUT2D eigenvalue weighted by molar-refractivity contribution is 5.85. The van der Waals surface area contributed by atoms with Crippen LogP contribution in [0.15, 0.2) is 0 Å². The van der Waals surface area contributed by atoms with Gasteiger partial charge in [-0.15, -0.1) is 0 Å². The van der Waals surface area contributed by atoms with Crippen molar-refractivity contribution in [3.8, 4) is 0 Å². The van der Waals surface area contributed by atoms with Crippen LogP contribution in [0.5, 0.6) is 0 Å². The summed E-state index contributed by atoms with van der Waals surface area (Å²) in [6, 6.07) is 0. The number of likely N-dealkylation sites (N-methyl/N-ethyl adjacent to an activating group) is 1. The Hall–Kier alpha value is -1.24. The first kappa shape index (κ1) is 19.1. The van der Waals surface area contributed by atoms with Crippen LogP contribution in [-0.4, -0.2) is 78.7 Å². The molecule has 0 aromatic rings. The maximum absolute atomic E-state index is 14.0. The number of hydrogen-bond donors (Lipinski definition) is 0. The molecule has 140 valence electrons. The molecule has 13 heteroatoms. The number of carbonyl (C=O) groups excluding carboxylic acids is 1. The molecule has 0 bridgehead atoms. The molecule has 2 saturated heterocycles. The Morgan fingerprint density at radius 1 is 0.917 bits per heavy atom. The zero-order chi connectivity index (χ0) is 18.8. The van der Waals surface area contributed by atoms with E-state index in [1.807, 2.05) is 0 Å². The Labute approximate surface area is 129 Å². The number of amides is 1. The summed E-state index contributed by atoms with van der Waals surface area (Å²) in [4.78, 5) is 13.4. The summed E-state index contributed by atoms with van der Waals surface area (Å²) in [7, 11) is 1.53. The summed E-state index contributed by atoms with van der Waals surface area (Å²) < 4.78 is 123. The van der Waals surface area contributed by atoms with E-state index in [2.05, 4.69) is 4.74 Å². The normalized spacial score (nSPS) is 32.8. The highest BCUT2D eigenvalue weighted by atomic mass is 19.4. The molecule has 0 radical (unpaired) electrons. The number of alkyl halides is 9. The monoisotopic (exact) mass is 374 g/mol. The zero-order valence-corrected chi connectivity index (χ0v) is 11.9. The minimum absolute atomic E-state index is 0.00464. The van der Waals surface area contributed by atoms with E-state index in [1.54, 1.807) is 4.90 Å². The van der Waals surface area contributed by atoms with Gasteiger partial charge in [-0.1, -0.05) is 0 Å². The van der Waals surface area contributed by atoms with E-state index < -0.39 is 48.7 Å². The molecule has 24 heavy (non-hydrogen) atoms. The van der Waals surface area contributed by atoms with Crippen LogP contribution in [0, 0.1) is 0 Å². The van der Waals surface area contributed by atoms with E-state index in [4.69, 9.17) is 0 Å². The van der Waals surface area contributed by atoms with Crippen LogP contribution in [0.3, 0.4) is 0 Å². The fourth-order valence-electron chi connectivity index (χ4n) is 2.30. The molecule has 1 atom stereocenters. The maximum atomic E-state index is 14.0. The van der Waals surface area contributed by atoms with E-state index >= 15 is 0 Å². The van der Waals surface area contributed by atoms with Gasteiger partial charge in [-0.3, -0.25) is 9.53 Å². The quantitative estimate of drug-likeness (QED) is 0.693. The third-order valence-corrected chi connectivity index (χ3v) is 3.90. The van der Waals surface area contributed by atoms with Crippen LogP contribution in [0.25, 0.3) is 0 Å². The minimum atomic E-state index is -6.64. The van der Waals surface area contributed by atoms with Crippen molar-refractivity contribution in [3.63, 3.8) is 0 Å². The first-order valence-electron chi connectivity index (χ1n) is 6.50. The first-order valence-corrected chi connectivity index (χ1v) is 6.50. The van der Waals surface area contributed by atoms with E-state index in [-0.39, 0.29) is 18.0 Å². The lowest BCUT2D eigenvalue weighted by Gasteiger charge is -2.38. The lowest BCUT2D eigenvalue weighted by Crippen LogP contribution is -2.66. The number of ether oxygens (including phenoxy) is 1. The van der Waals surface area contributed by atoms with Gasteiger partial charge >= 0.3 is 29.7 Å². The van der Waals surface area contributed by atoms with Crippen molar-refractivity contribution in [2.45, 2.75) is 29.7 Å². The highest BCUT2D eigenvalue weighted by Crippen LogP contribution is 2.64. The van der Waals surface area contributed by atoms with Crippen molar-refractivity contribution in [1.82, 2.24) is 9.80 Å². The summed E-state index contributed by atoms with van der Waals surface area (Å²) in [6.07, 6.45) is -6.23. The molecule has 2 rings (SSSR count). The van der Waals surface area contributed by atoms with Crippen molar-refractivity contribution >= 4 is 5.91 Å². The van der Waals surface area contributed by atoms with Crippen molar-refractivity contribution in [3.05, 3.63) is 0 Å². The largest absolute Gasteiger partial charge is 0.428 e. The van der Waals surface area contributed by atoms with Crippen molar-refractivity contribution < 1.29 is 49.0 Å². The van der Waals surface area contributed by atoms with E-state index in [9.17, 15) is 44.3 Å². The van der Waals surface area contributed by atoms with Crippen LogP contribution in [0.2, 0.25) is 0 Å². The van der Waals surface area contributed by atoms with Gasteiger partial charge in [0.05, 0.1) is 0 Å². The maximum Gasteiger partial charge on any atom is 0.428 e. The number of nitrogens with zero attached hydrogens (tertiary/aromatic N) is 2. The first-order chi connectivity index (χ1) is 10.6. The van der Waals surface area contributed by atoms with Crippen LogP contribution in [0.4, 0.5) is 39.5 Å². The number of halogens is 9. The standard InChI is InChI=1S/C11H11F9N2O2/c1-21-2-4-22(5-3-21)6(23)7(12,13)10(18)8(14,15)9(16,17)11(19,20)24-10/h2-5H2,1H3/t10-/m1/s1. The molecular formula is C11H11F9N2O2. The molecule has 4 nitrogen and oxygen atoms in total. The van der Waals surface area contributed by atoms with Gasteiger partial charge in [-0.05, 0) is 7.05 Å². The smallest absolute Gasteiger partial charge is 0.335 e. The topological polar surface area (TPSA) is 32.8 Å². The van der Waals surface area contributed by atoms with Crippen molar-refractivity contribution in [2.24, 2.45) is 0 Å². The fourth-order valence-corrected chi connectivity index (χ4v) is 2.30. The zero-order valence-electron chi connectivity index (χ0n) is 11.9. The van der Waals surface area contributed by atoms with E-state index in [0.717, 1.165) is 0 Å². The summed E-state index contributed by atoms with van der Waals surface area (Å²) in [5.41, 5.74) is 0. The van der Waals surface area contributed by atoms with Gasteiger partial charge < -0.3 is 9.80 Å². The molecule has 0 aromatic heterocycles. The number of rotatable bonds is 2. The summed E-state index contributed by atoms with van der Waals surface area (Å²) >= 11 is 0. The SMILES string of the molecule is CN1CCN(C(=O)C(F)(F)[C@@]2(F)OC(F)(F)C(F)(F)C2(F)F)CC1. The number of piperazine rings is 1. The van der Waals surface area contributed by atoms with E-state index in [1.165, 1.54) is 7.05 Å². The van der Waals surface area contributed by atoms with Gasteiger partial charge in [0.25, 0.3) is 5.91 Å². The Morgan fingerprint density at radius 2 is 1.38 bits per heavy atom. The Balaban J connectivity index is 2.39. The van der Waals surface area contributed by atoms with Crippen LogP contribution in [-0.2, 0) is 9.53 Å². The average molecular weight is 374 g/mol. The van der Waals surface area contributed by atoms with Gasteiger partial charge in [0.1, 0.15) is 0 Å². The second-order valence-electron chi connectivity index (χ2n) is 5.53. The predicted molar refractivity (Wildman–Crippen MR) is 58.8 cm³/mol. The Morgan fingerprint density at radius 3 is 1.75 bits per heavy atom. The molecule has 0 spiro atoms. The third kappa shape index (κ3) is 2.20. The minimum Gasteiger partial charge on any atom is -0.335 e. The lowest BCUT2D eigenvalue weighted by atomic mass is 9.98. The summed E-state index contributed by atoms with van der Waals surface area (Å²) in [5, 5.41) is 0. The molecular weight excluding hydrogens is 363 g/mol. The second kappa shape index (κ2) is 5.13. The molecule has 2 aliphatic heterocycles. The van der Waals surface area contributed by atoms with Crippen molar-refractivity contribution in [2.75, 3.05) is 33.2 Å². The van der Waals surface area contributed by atoms with E-state index in [0.29, 0.717) is 0 Å². The molecule has 0 aromatic carbocycles. The highest BCUT2D eigenvalue weighted by Gasteiger charge is 2.96. The average Bonchev–Trinajstić information content (AvgIpc) is 2.55. The van der Waals surface area contributed by atoms with Crippen LogP contribution < -0.4 is 0 Å². The fraction of sp³-hybridized carbons (Fsp3) is 0.909. The van der Waals surface area contributed by atoms with Gasteiger partial charge in [0.2, 0.25) is 0 Å². The van der Waals surface area contributed by atoms with Gasteiger partial charge in [-0.25, -0.2) is 0 Å². The molecule has 0 aliphatic carbocycles. The summed E-state index contributed by atoms with van der Waals surface area (Å²) in [5.74, 6) is -28.0. The predicted octanol–water partition coefficient (Wildman–Crippen LogP) is 1.96. The summed E-state index contributed by atoms with van der Waals surface area (Å²) in [6.45, 7) is -0.909. The van der Waals surface area contributed by atoms with Crippen LogP contribution >= 0.6 is 0 Å². The second-order valence-corrected chi connectivity index (χ2v) is 5.53. The molecule has 2 fully saturated rings. The molecule has 0 unspecified atom stereocenters. The number of hydrogen-bond acceptors (Lipinski definition) is 3. The molecule has 0 N–H and O–H groups in total. The molecule has 1 amide bonds. The Kier molecular flexibility index (Phi) is 4.08. The van der Waals surface area contributed by atoms with Gasteiger partial charge in [-0.2, -0.15) is 39.5 Å². The number of carbonyl (C=O) groups is 1. The van der Waals surface area contributed by atoms with Crippen molar-refractivity contribution in [1.29, 1.82) is 0 Å². The lowest BCUT2D eigenvalue weighted by molar-refractivity contribution is -0.368.